The molecule has 4 fully saturated rings. The van der Waals surface area contributed by atoms with E-state index in [0.29, 0.717) is 19.3 Å². The molecular formula is C19H21F3O7. The normalized spacial score (nSPS) is 36.8. The molecule has 1 aliphatic carbocycles. The molecule has 0 amide bonds. The fourth-order valence-corrected chi connectivity index (χ4v) is 4.88. The number of rotatable bonds is 5. The Kier molecular flexibility index (Phi) is 4.67. The molecule has 10 heteroatoms. The molecule has 4 aliphatic rings. The third kappa shape index (κ3) is 3.12. The predicted octanol–water partition coefficient (Wildman–Crippen LogP) is 2.22. The van der Waals surface area contributed by atoms with Crippen LogP contribution in [-0.2, 0) is 33.3 Å². The Morgan fingerprint density at radius 2 is 1.86 bits per heavy atom. The van der Waals surface area contributed by atoms with Crippen LogP contribution < -0.4 is 0 Å². The van der Waals surface area contributed by atoms with Crippen molar-refractivity contribution in [3.8, 4) is 0 Å². The van der Waals surface area contributed by atoms with Gasteiger partial charge in [0.1, 0.15) is 35.2 Å². The first kappa shape index (κ1) is 20.2. The molecule has 4 rings (SSSR count). The van der Waals surface area contributed by atoms with E-state index in [1.54, 1.807) is 0 Å². The molecule has 6 atom stereocenters. The largest absolute Gasteiger partial charge is 0.459 e. The Morgan fingerprint density at radius 1 is 1.21 bits per heavy atom. The summed E-state index contributed by atoms with van der Waals surface area (Å²) in [7, 11) is 0. The Morgan fingerprint density at radius 3 is 2.45 bits per heavy atom. The molecule has 0 spiro atoms. The van der Waals surface area contributed by atoms with Gasteiger partial charge in [0.25, 0.3) is 0 Å². The maximum Gasteiger partial charge on any atom is 0.422 e. The van der Waals surface area contributed by atoms with Crippen molar-refractivity contribution in [2.24, 2.45) is 11.8 Å². The van der Waals surface area contributed by atoms with Gasteiger partial charge in [-0.05, 0) is 32.1 Å². The van der Waals surface area contributed by atoms with Crippen molar-refractivity contribution in [2.45, 2.75) is 75.2 Å². The van der Waals surface area contributed by atoms with Gasteiger partial charge in [-0.25, -0.2) is 4.79 Å². The number of carbonyl (C=O) groups is 3. The molecule has 3 aliphatic heterocycles. The highest BCUT2D eigenvalue weighted by atomic mass is 19.4. The van der Waals surface area contributed by atoms with Crippen molar-refractivity contribution >= 4 is 17.9 Å². The number of halogens is 3. The molecule has 3 heterocycles. The second-order valence-corrected chi connectivity index (χ2v) is 8.03. The average Bonchev–Trinajstić information content (AvgIpc) is 3.38. The lowest BCUT2D eigenvalue weighted by atomic mass is 9.78. The van der Waals surface area contributed by atoms with E-state index < -0.39 is 71.5 Å². The lowest BCUT2D eigenvalue weighted by molar-refractivity contribution is -0.174. The molecule has 0 aromatic carbocycles. The minimum absolute atomic E-state index is 0.613. The second kappa shape index (κ2) is 6.72. The molecule has 29 heavy (non-hydrogen) atoms. The van der Waals surface area contributed by atoms with E-state index in [-0.39, 0.29) is 0 Å². The Hall–Kier alpha value is -2.10. The molecule has 6 unspecified atom stereocenters. The van der Waals surface area contributed by atoms with Gasteiger partial charge in [-0.2, -0.15) is 13.2 Å². The fraction of sp³-hybridized carbons (Fsp3) is 0.737. The smallest absolute Gasteiger partial charge is 0.422 e. The highest BCUT2D eigenvalue weighted by Crippen LogP contribution is 2.52. The average molecular weight is 418 g/mol. The minimum Gasteiger partial charge on any atom is -0.459 e. The summed E-state index contributed by atoms with van der Waals surface area (Å²) in [6.45, 7) is 4.62. The topological polar surface area (TPSA) is 88.1 Å². The van der Waals surface area contributed by atoms with Crippen LogP contribution in [0.25, 0.3) is 0 Å². The van der Waals surface area contributed by atoms with E-state index in [0.717, 1.165) is 12.8 Å². The molecule has 3 saturated heterocycles. The number of fused-ring (bicyclic) bond motifs is 1. The summed E-state index contributed by atoms with van der Waals surface area (Å²) >= 11 is 0. The summed E-state index contributed by atoms with van der Waals surface area (Å²) in [5.41, 5.74) is -2.30. The van der Waals surface area contributed by atoms with E-state index in [1.165, 1.54) is 0 Å². The monoisotopic (exact) mass is 418 g/mol. The van der Waals surface area contributed by atoms with Crippen LogP contribution >= 0.6 is 0 Å². The van der Waals surface area contributed by atoms with Crippen molar-refractivity contribution in [1.82, 2.24) is 0 Å². The SMILES string of the molecule is C=C(C(=O)OC1C2OC(=O)C3C2OC1C3C(=O)OC1(CC)CCCC1)C(F)(F)F. The molecule has 2 bridgehead atoms. The zero-order valence-electron chi connectivity index (χ0n) is 15.7. The summed E-state index contributed by atoms with van der Waals surface area (Å²) in [6.07, 6.45) is -5.43. The second-order valence-electron chi connectivity index (χ2n) is 8.03. The molecular weight excluding hydrogens is 397 g/mol. The van der Waals surface area contributed by atoms with E-state index in [2.05, 4.69) is 6.58 Å². The van der Waals surface area contributed by atoms with Gasteiger partial charge in [0, 0.05) is 0 Å². The summed E-state index contributed by atoms with van der Waals surface area (Å²) in [6, 6.07) is 0. The van der Waals surface area contributed by atoms with Crippen molar-refractivity contribution in [3.05, 3.63) is 12.2 Å². The number of ether oxygens (including phenoxy) is 4. The summed E-state index contributed by atoms with van der Waals surface area (Å²) in [5.74, 6) is -5.05. The van der Waals surface area contributed by atoms with Crippen LogP contribution in [0.3, 0.4) is 0 Å². The van der Waals surface area contributed by atoms with Gasteiger partial charge in [0.05, 0.1) is 0 Å². The number of carbonyl (C=O) groups excluding carboxylic acids is 3. The predicted molar refractivity (Wildman–Crippen MR) is 88.2 cm³/mol. The van der Waals surface area contributed by atoms with E-state index in [1.807, 2.05) is 6.92 Å². The molecule has 1 saturated carbocycles. The van der Waals surface area contributed by atoms with Crippen LogP contribution in [0.4, 0.5) is 13.2 Å². The van der Waals surface area contributed by atoms with Crippen LogP contribution in [-0.4, -0.2) is 54.1 Å². The van der Waals surface area contributed by atoms with Gasteiger partial charge in [-0.15, -0.1) is 0 Å². The van der Waals surface area contributed by atoms with Gasteiger partial charge < -0.3 is 18.9 Å². The molecule has 160 valence electrons. The zero-order chi connectivity index (χ0) is 21.1. The lowest BCUT2D eigenvalue weighted by Gasteiger charge is -2.32. The number of hydrogen-bond acceptors (Lipinski definition) is 7. The third-order valence-corrected chi connectivity index (χ3v) is 6.48. The quantitative estimate of drug-likeness (QED) is 0.384. The first-order chi connectivity index (χ1) is 13.6. The maximum atomic E-state index is 13.0. The minimum atomic E-state index is -4.96. The number of esters is 3. The zero-order valence-corrected chi connectivity index (χ0v) is 15.7. The summed E-state index contributed by atoms with van der Waals surface area (Å²) in [4.78, 5) is 37.1. The highest BCUT2D eigenvalue weighted by Gasteiger charge is 2.72. The van der Waals surface area contributed by atoms with Gasteiger partial charge >= 0.3 is 24.1 Å². The van der Waals surface area contributed by atoms with E-state index in [4.69, 9.17) is 18.9 Å². The van der Waals surface area contributed by atoms with Crippen molar-refractivity contribution in [3.63, 3.8) is 0 Å². The van der Waals surface area contributed by atoms with Gasteiger partial charge in [-0.1, -0.05) is 13.5 Å². The van der Waals surface area contributed by atoms with E-state index in [9.17, 15) is 27.6 Å². The van der Waals surface area contributed by atoms with Gasteiger partial charge in [-0.3, -0.25) is 9.59 Å². The standard InChI is InChI=1S/C19H21F3O7/c1-3-18(6-4-5-7-18)29-17(25)10-9-11-14(28-16(9)24)13(12(10)26-11)27-15(23)8(2)19(20,21)22/h9-14H,2-7H2,1H3. The van der Waals surface area contributed by atoms with Crippen molar-refractivity contribution in [1.29, 1.82) is 0 Å². The molecule has 7 nitrogen and oxygen atoms in total. The lowest BCUT2D eigenvalue weighted by Crippen LogP contribution is -2.49. The third-order valence-electron chi connectivity index (χ3n) is 6.48. The van der Waals surface area contributed by atoms with Crippen LogP contribution in [0.5, 0.6) is 0 Å². The van der Waals surface area contributed by atoms with E-state index >= 15 is 0 Å². The Labute approximate surface area is 164 Å². The molecule has 0 aromatic heterocycles. The maximum absolute atomic E-state index is 13.0. The van der Waals surface area contributed by atoms with Gasteiger partial charge in [0.2, 0.25) is 0 Å². The Balaban J connectivity index is 1.54. The highest BCUT2D eigenvalue weighted by molar-refractivity contribution is 5.90. The molecule has 0 aromatic rings. The summed E-state index contributed by atoms with van der Waals surface area (Å²) < 4.78 is 59.7. The first-order valence-corrected chi connectivity index (χ1v) is 9.64. The van der Waals surface area contributed by atoms with Crippen LogP contribution in [0.2, 0.25) is 0 Å². The number of hydrogen-bond donors (Lipinski definition) is 0. The van der Waals surface area contributed by atoms with Crippen molar-refractivity contribution in [2.75, 3.05) is 0 Å². The first-order valence-electron chi connectivity index (χ1n) is 9.64. The van der Waals surface area contributed by atoms with Gasteiger partial charge in [0.15, 0.2) is 12.2 Å². The van der Waals surface area contributed by atoms with Crippen LogP contribution in [0, 0.1) is 11.8 Å². The fourth-order valence-electron chi connectivity index (χ4n) is 4.88. The molecule has 0 radical (unpaired) electrons. The summed E-state index contributed by atoms with van der Waals surface area (Å²) in [5, 5.41) is 0. The van der Waals surface area contributed by atoms with Crippen LogP contribution in [0.15, 0.2) is 12.2 Å². The molecule has 0 N–H and O–H groups in total. The Bertz CT molecular complexity index is 755. The van der Waals surface area contributed by atoms with Crippen LogP contribution in [0.1, 0.15) is 39.0 Å². The van der Waals surface area contributed by atoms with Crippen molar-refractivity contribution < 1.29 is 46.5 Å². The number of alkyl halides is 3.